The minimum absolute atomic E-state index is 0. The van der Waals surface area contributed by atoms with Crippen molar-refractivity contribution in [2.75, 3.05) is 26.2 Å². The molecule has 0 spiro atoms. The monoisotopic (exact) mass is 494 g/mol. The maximum absolute atomic E-state index is 12.0. The lowest BCUT2D eigenvalue weighted by Crippen LogP contribution is -2.42. The molecule has 1 atom stereocenters. The first-order valence-corrected chi connectivity index (χ1v) is 9.36. The molecule has 1 amide bonds. The highest BCUT2D eigenvalue weighted by atomic mass is 127. The van der Waals surface area contributed by atoms with Gasteiger partial charge in [0.15, 0.2) is 5.96 Å². The lowest BCUT2D eigenvalue weighted by Gasteiger charge is -2.13. The van der Waals surface area contributed by atoms with Crippen molar-refractivity contribution in [3.8, 4) is 5.75 Å². The average molecular weight is 494 g/mol. The Hall–Kier alpha value is -2.29. The van der Waals surface area contributed by atoms with Crippen LogP contribution in [-0.4, -0.2) is 44.1 Å². The van der Waals surface area contributed by atoms with Crippen molar-refractivity contribution in [2.24, 2.45) is 4.99 Å². The van der Waals surface area contributed by atoms with Gasteiger partial charge in [0.05, 0.1) is 6.54 Å². The third-order valence-corrected chi connectivity index (χ3v) is 4.25. The number of guanidine groups is 1. The molecule has 3 N–H and O–H groups in total. The molecule has 28 heavy (non-hydrogen) atoms. The first kappa shape index (κ1) is 22.0. The van der Waals surface area contributed by atoms with Crippen molar-refractivity contribution < 1.29 is 9.53 Å². The second-order valence-electron chi connectivity index (χ2n) is 6.32. The van der Waals surface area contributed by atoms with E-state index in [2.05, 4.69) is 27.0 Å². The third-order valence-electron chi connectivity index (χ3n) is 4.25. The second kappa shape index (κ2) is 11.5. The molecular formula is C21H27IN4O2. The van der Waals surface area contributed by atoms with E-state index in [0.29, 0.717) is 25.2 Å². The molecule has 1 unspecified atom stereocenters. The molecule has 1 aliphatic heterocycles. The van der Waals surface area contributed by atoms with E-state index >= 15 is 0 Å². The molecule has 6 nitrogen and oxygen atoms in total. The lowest BCUT2D eigenvalue weighted by atomic mass is 10.1. The number of halogens is 1. The zero-order valence-electron chi connectivity index (χ0n) is 16.0. The topological polar surface area (TPSA) is 74.8 Å². The van der Waals surface area contributed by atoms with Crippen LogP contribution in [-0.2, 0) is 6.42 Å². The number of hydrogen-bond acceptors (Lipinski definition) is 3. The minimum Gasteiger partial charge on any atom is -0.488 e. The van der Waals surface area contributed by atoms with Crippen molar-refractivity contribution in [1.82, 2.24) is 16.0 Å². The molecule has 7 heteroatoms. The number of amides is 1. The van der Waals surface area contributed by atoms with E-state index < -0.39 is 0 Å². The van der Waals surface area contributed by atoms with E-state index in [1.54, 1.807) is 12.1 Å². The van der Waals surface area contributed by atoms with Crippen LogP contribution in [0.15, 0.2) is 59.6 Å². The van der Waals surface area contributed by atoms with Crippen molar-refractivity contribution in [2.45, 2.75) is 19.4 Å². The summed E-state index contributed by atoms with van der Waals surface area (Å²) in [5.74, 6) is 1.61. The molecule has 3 rings (SSSR count). The van der Waals surface area contributed by atoms with Gasteiger partial charge in [0, 0.05) is 31.6 Å². The molecule has 0 fully saturated rings. The molecule has 0 aliphatic carbocycles. The maximum Gasteiger partial charge on any atom is 0.251 e. The van der Waals surface area contributed by atoms with Crippen LogP contribution in [0.3, 0.4) is 0 Å². The third kappa shape index (κ3) is 6.40. The first-order chi connectivity index (χ1) is 13.3. The number of carbonyl (C=O) groups is 1. The summed E-state index contributed by atoms with van der Waals surface area (Å²) in [6, 6.07) is 17.3. The summed E-state index contributed by atoms with van der Waals surface area (Å²) >= 11 is 0. The summed E-state index contributed by atoms with van der Waals surface area (Å²) in [5, 5.41) is 9.36. The predicted molar refractivity (Wildman–Crippen MR) is 123 cm³/mol. The first-order valence-electron chi connectivity index (χ1n) is 9.36. The van der Waals surface area contributed by atoms with Crippen LogP contribution in [0.5, 0.6) is 5.75 Å². The van der Waals surface area contributed by atoms with E-state index in [1.165, 1.54) is 5.56 Å². The predicted octanol–water partition coefficient (Wildman–Crippen LogP) is 2.59. The highest BCUT2D eigenvalue weighted by molar-refractivity contribution is 14.0. The van der Waals surface area contributed by atoms with Crippen molar-refractivity contribution in [1.29, 1.82) is 0 Å². The van der Waals surface area contributed by atoms with Crippen molar-refractivity contribution >= 4 is 35.8 Å². The summed E-state index contributed by atoms with van der Waals surface area (Å²) in [7, 11) is 0. The number of rotatable bonds is 7. The zero-order chi connectivity index (χ0) is 18.9. The van der Waals surface area contributed by atoms with E-state index in [1.807, 2.05) is 43.3 Å². The van der Waals surface area contributed by atoms with Gasteiger partial charge in [0.25, 0.3) is 5.91 Å². The summed E-state index contributed by atoms with van der Waals surface area (Å²) in [6.07, 6.45) is 0.947. The van der Waals surface area contributed by atoms with E-state index in [4.69, 9.17) is 4.74 Å². The van der Waals surface area contributed by atoms with Crippen LogP contribution in [0.25, 0.3) is 0 Å². The molecular weight excluding hydrogens is 467 g/mol. The summed E-state index contributed by atoms with van der Waals surface area (Å²) in [4.78, 5) is 16.6. The average Bonchev–Trinajstić information content (AvgIpc) is 3.12. The normalized spacial score (nSPS) is 15.0. The summed E-state index contributed by atoms with van der Waals surface area (Å²) in [6.45, 7) is 4.49. The van der Waals surface area contributed by atoms with E-state index in [-0.39, 0.29) is 36.0 Å². The zero-order valence-corrected chi connectivity index (χ0v) is 18.3. The SMILES string of the molecule is CCNC(=NCC1Cc2ccccc2O1)NCCNC(=O)c1ccccc1.I. The Morgan fingerprint density at radius 3 is 2.50 bits per heavy atom. The number of nitrogens with one attached hydrogen (secondary N) is 3. The molecule has 0 saturated carbocycles. The molecule has 150 valence electrons. The van der Waals surface area contributed by atoms with E-state index in [9.17, 15) is 4.79 Å². The van der Waals surface area contributed by atoms with E-state index in [0.717, 1.165) is 24.7 Å². The number of benzene rings is 2. The van der Waals surface area contributed by atoms with Crippen LogP contribution in [0.1, 0.15) is 22.8 Å². The molecule has 0 bridgehead atoms. The number of hydrogen-bond donors (Lipinski definition) is 3. The molecule has 0 saturated heterocycles. The van der Waals surface area contributed by atoms with Gasteiger partial charge in [-0.15, -0.1) is 24.0 Å². The molecule has 2 aromatic rings. The number of nitrogens with zero attached hydrogens (tertiary/aromatic N) is 1. The fraction of sp³-hybridized carbons (Fsp3) is 0.333. The quantitative estimate of drug-likeness (QED) is 0.240. The van der Waals surface area contributed by atoms with Gasteiger partial charge in [-0.3, -0.25) is 4.79 Å². The number of carbonyl (C=O) groups excluding carboxylic acids is 1. The Balaban J connectivity index is 0.00000280. The van der Waals surface area contributed by atoms with Gasteiger partial charge >= 0.3 is 0 Å². The van der Waals surface area contributed by atoms with Crippen molar-refractivity contribution in [3.05, 3.63) is 65.7 Å². The Kier molecular flexibility index (Phi) is 9.06. The van der Waals surface area contributed by atoms with Crippen LogP contribution >= 0.6 is 24.0 Å². The number of fused-ring (bicyclic) bond motifs is 1. The Bertz CT molecular complexity index is 758. The molecule has 0 aromatic heterocycles. The summed E-state index contributed by atoms with van der Waals surface area (Å²) < 4.78 is 5.92. The van der Waals surface area contributed by atoms with Gasteiger partial charge < -0.3 is 20.7 Å². The number of ether oxygens (including phenoxy) is 1. The Morgan fingerprint density at radius 1 is 1.04 bits per heavy atom. The van der Waals surface area contributed by atoms with Gasteiger partial charge in [0.1, 0.15) is 11.9 Å². The Morgan fingerprint density at radius 2 is 1.75 bits per heavy atom. The fourth-order valence-corrected chi connectivity index (χ4v) is 2.94. The van der Waals surface area contributed by atoms with Gasteiger partial charge in [0.2, 0.25) is 0 Å². The van der Waals surface area contributed by atoms with Gasteiger partial charge in [-0.2, -0.15) is 0 Å². The van der Waals surface area contributed by atoms with Crippen LogP contribution in [0.4, 0.5) is 0 Å². The van der Waals surface area contributed by atoms with Crippen molar-refractivity contribution in [3.63, 3.8) is 0 Å². The second-order valence-corrected chi connectivity index (χ2v) is 6.32. The van der Waals surface area contributed by atoms with Gasteiger partial charge in [-0.05, 0) is 30.7 Å². The summed E-state index contributed by atoms with van der Waals surface area (Å²) in [5.41, 5.74) is 1.90. The maximum atomic E-state index is 12.0. The highest BCUT2D eigenvalue weighted by Crippen LogP contribution is 2.28. The largest absolute Gasteiger partial charge is 0.488 e. The molecule has 0 radical (unpaired) electrons. The fourth-order valence-electron chi connectivity index (χ4n) is 2.94. The molecule has 1 aliphatic rings. The minimum atomic E-state index is -0.0727. The van der Waals surface area contributed by atoms with Gasteiger partial charge in [-0.1, -0.05) is 36.4 Å². The number of aliphatic imine (C=N–C) groups is 1. The van der Waals surface area contributed by atoms with Crippen LogP contribution in [0.2, 0.25) is 0 Å². The smallest absolute Gasteiger partial charge is 0.251 e. The van der Waals surface area contributed by atoms with Gasteiger partial charge in [-0.25, -0.2) is 4.99 Å². The molecule has 1 heterocycles. The lowest BCUT2D eigenvalue weighted by molar-refractivity contribution is 0.0954. The Labute approximate surface area is 183 Å². The highest BCUT2D eigenvalue weighted by Gasteiger charge is 2.21. The van der Waals surface area contributed by atoms with Crippen LogP contribution in [0, 0.1) is 0 Å². The molecule has 2 aromatic carbocycles. The number of para-hydroxylation sites is 1. The standard InChI is InChI=1S/C21H26N4O2.HI/c1-2-22-21(24-13-12-23-20(26)16-8-4-3-5-9-16)25-15-18-14-17-10-6-7-11-19(17)27-18;/h3-11,18H,2,12-15H2,1H3,(H,23,26)(H2,22,24,25);1H. The van der Waals surface area contributed by atoms with Crippen LogP contribution < -0.4 is 20.7 Å².